The zero-order valence-corrected chi connectivity index (χ0v) is 12.7. The van der Waals surface area contributed by atoms with Gasteiger partial charge in [0.15, 0.2) is 0 Å². The van der Waals surface area contributed by atoms with E-state index in [1.54, 1.807) is 0 Å². The highest BCUT2D eigenvalue weighted by Gasteiger charge is 2.25. The lowest BCUT2D eigenvalue weighted by Gasteiger charge is -2.23. The van der Waals surface area contributed by atoms with Crippen LogP contribution >= 0.6 is 0 Å². The highest BCUT2D eigenvalue weighted by atomic mass is 16.2. The first kappa shape index (κ1) is 15.0. The number of nitrogens with two attached hydrogens (primary N) is 1. The van der Waals surface area contributed by atoms with Gasteiger partial charge in [-0.3, -0.25) is 4.79 Å². The van der Waals surface area contributed by atoms with E-state index in [1.807, 2.05) is 29.2 Å². The molecule has 2 rings (SSSR count). The number of hydrogen-bond donors (Lipinski definition) is 1. The summed E-state index contributed by atoms with van der Waals surface area (Å²) in [6, 6.07) is 8.05. The summed E-state index contributed by atoms with van der Waals surface area (Å²) in [5.41, 5.74) is 8.15. The van der Waals surface area contributed by atoms with Gasteiger partial charge >= 0.3 is 0 Å². The standard InChI is InChI=1S/C17H26N2O/c1-17(2)8-3-10-19(11-9-17)16(20)12-14-4-6-15(13-18)7-5-14/h4-7H,3,8-13,18H2,1-2H3. The summed E-state index contributed by atoms with van der Waals surface area (Å²) in [4.78, 5) is 14.4. The molecule has 0 atom stereocenters. The number of nitrogens with zero attached hydrogens (tertiary/aromatic N) is 1. The van der Waals surface area contributed by atoms with Gasteiger partial charge in [-0.1, -0.05) is 38.1 Å². The number of rotatable bonds is 3. The molecule has 1 saturated heterocycles. The Kier molecular flexibility index (Phi) is 4.81. The average molecular weight is 274 g/mol. The zero-order chi connectivity index (χ0) is 14.6. The Bertz CT molecular complexity index is 451. The minimum atomic E-state index is 0.253. The maximum absolute atomic E-state index is 12.4. The Hall–Kier alpha value is -1.35. The van der Waals surface area contributed by atoms with Crippen LogP contribution in [0.1, 0.15) is 44.2 Å². The second-order valence-corrected chi connectivity index (χ2v) is 6.60. The van der Waals surface area contributed by atoms with Crippen LogP contribution < -0.4 is 5.73 Å². The second-order valence-electron chi connectivity index (χ2n) is 6.60. The molecule has 0 aromatic heterocycles. The lowest BCUT2D eigenvalue weighted by Crippen LogP contribution is -2.33. The van der Waals surface area contributed by atoms with Crippen molar-refractivity contribution in [3.05, 3.63) is 35.4 Å². The summed E-state index contributed by atoms with van der Waals surface area (Å²) in [7, 11) is 0. The molecular weight excluding hydrogens is 248 g/mol. The topological polar surface area (TPSA) is 46.3 Å². The van der Waals surface area contributed by atoms with Crippen molar-refractivity contribution in [2.75, 3.05) is 13.1 Å². The van der Waals surface area contributed by atoms with E-state index < -0.39 is 0 Å². The molecule has 2 N–H and O–H groups in total. The Morgan fingerprint density at radius 1 is 1.15 bits per heavy atom. The molecule has 0 unspecified atom stereocenters. The Balaban J connectivity index is 1.93. The van der Waals surface area contributed by atoms with E-state index in [0.717, 1.165) is 37.1 Å². The molecule has 1 fully saturated rings. The van der Waals surface area contributed by atoms with Crippen molar-refractivity contribution in [3.63, 3.8) is 0 Å². The quantitative estimate of drug-likeness (QED) is 0.921. The smallest absolute Gasteiger partial charge is 0.226 e. The van der Waals surface area contributed by atoms with Crippen molar-refractivity contribution < 1.29 is 4.79 Å². The maximum Gasteiger partial charge on any atom is 0.226 e. The van der Waals surface area contributed by atoms with E-state index in [4.69, 9.17) is 5.73 Å². The van der Waals surface area contributed by atoms with Gasteiger partial charge in [0.05, 0.1) is 6.42 Å². The van der Waals surface area contributed by atoms with Crippen LogP contribution in [0.15, 0.2) is 24.3 Å². The van der Waals surface area contributed by atoms with Crippen molar-refractivity contribution in [1.29, 1.82) is 0 Å². The van der Waals surface area contributed by atoms with Crippen LogP contribution in [0.5, 0.6) is 0 Å². The number of carbonyl (C=O) groups excluding carboxylic acids is 1. The summed E-state index contributed by atoms with van der Waals surface area (Å²) in [6.07, 6.45) is 3.93. The summed E-state index contributed by atoms with van der Waals surface area (Å²) < 4.78 is 0. The summed E-state index contributed by atoms with van der Waals surface area (Å²) >= 11 is 0. The van der Waals surface area contributed by atoms with E-state index in [-0.39, 0.29) is 5.91 Å². The SMILES string of the molecule is CC1(C)CCCN(C(=O)Cc2ccc(CN)cc2)CC1. The first-order valence-electron chi connectivity index (χ1n) is 7.56. The number of hydrogen-bond acceptors (Lipinski definition) is 2. The summed E-state index contributed by atoms with van der Waals surface area (Å²) in [6.45, 7) is 6.95. The molecule has 0 bridgehead atoms. The molecule has 20 heavy (non-hydrogen) atoms. The van der Waals surface area contributed by atoms with E-state index in [0.29, 0.717) is 18.4 Å². The molecule has 0 aliphatic carbocycles. The van der Waals surface area contributed by atoms with Crippen molar-refractivity contribution in [2.24, 2.45) is 11.1 Å². The first-order valence-corrected chi connectivity index (χ1v) is 7.56. The highest BCUT2D eigenvalue weighted by molar-refractivity contribution is 5.78. The van der Waals surface area contributed by atoms with E-state index in [2.05, 4.69) is 13.8 Å². The van der Waals surface area contributed by atoms with Gasteiger partial charge in [0.1, 0.15) is 0 Å². The minimum absolute atomic E-state index is 0.253. The molecule has 3 heteroatoms. The Labute approximate surface area is 122 Å². The van der Waals surface area contributed by atoms with Crippen LogP contribution in [-0.2, 0) is 17.8 Å². The molecule has 1 heterocycles. The summed E-state index contributed by atoms with van der Waals surface area (Å²) in [5, 5.41) is 0. The van der Waals surface area contributed by atoms with Crippen LogP contribution in [0.2, 0.25) is 0 Å². The third kappa shape index (κ3) is 4.07. The largest absolute Gasteiger partial charge is 0.342 e. The van der Waals surface area contributed by atoms with Gasteiger partial charge in [-0.2, -0.15) is 0 Å². The van der Waals surface area contributed by atoms with E-state index in [1.165, 1.54) is 6.42 Å². The molecule has 1 aliphatic rings. The van der Waals surface area contributed by atoms with Gasteiger partial charge in [-0.25, -0.2) is 0 Å². The molecule has 0 radical (unpaired) electrons. The summed E-state index contributed by atoms with van der Waals surface area (Å²) in [5.74, 6) is 0.253. The maximum atomic E-state index is 12.4. The van der Waals surface area contributed by atoms with Crippen LogP contribution in [0.25, 0.3) is 0 Å². The predicted octanol–water partition coefficient (Wildman–Crippen LogP) is 2.73. The van der Waals surface area contributed by atoms with Crippen molar-refractivity contribution >= 4 is 5.91 Å². The number of carbonyl (C=O) groups is 1. The van der Waals surface area contributed by atoms with Gasteiger partial charge in [0.25, 0.3) is 0 Å². The second kappa shape index (κ2) is 6.40. The molecule has 1 aliphatic heterocycles. The predicted molar refractivity (Wildman–Crippen MR) is 82.2 cm³/mol. The molecule has 110 valence electrons. The number of amides is 1. The lowest BCUT2D eigenvalue weighted by atomic mass is 9.85. The van der Waals surface area contributed by atoms with Gasteiger partial charge < -0.3 is 10.6 Å². The molecule has 0 spiro atoms. The Morgan fingerprint density at radius 3 is 2.45 bits per heavy atom. The van der Waals surface area contributed by atoms with E-state index in [9.17, 15) is 4.79 Å². The van der Waals surface area contributed by atoms with E-state index >= 15 is 0 Å². The minimum Gasteiger partial charge on any atom is -0.342 e. The molecular formula is C17H26N2O. The van der Waals surface area contributed by atoms with Crippen molar-refractivity contribution in [2.45, 2.75) is 46.1 Å². The van der Waals surface area contributed by atoms with Crippen LogP contribution in [0.4, 0.5) is 0 Å². The molecule has 0 saturated carbocycles. The fraction of sp³-hybridized carbons (Fsp3) is 0.588. The number of likely N-dealkylation sites (tertiary alicyclic amines) is 1. The van der Waals surface area contributed by atoms with Crippen LogP contribution in [-0.4, -0.2) is 23.9 Å². The van der Waals surface area contributed by atoms with Crippen LogP contribution in [0.3, 0.4) is 0 Å². The number of benzene rings is 1. The van der Waals surface area contributed by atoms with Gasteiger partial charge in [0.2, 0.25) is 5.91 Å². The third-order valence-electron chi connectivity index (χ3n) is 4.31. The van der Waals surface area contributed by atoms with Crippen molar-refractivity contribution in [1.82, 2.24) is 4.90 Å². The van der Waals surface area contributed by atoms with Gasteiger partial charge in [-0.15, -0.1) is 0 Å². The first-order chi connectivity index (χ1) is 9.50. The Morgan fingerprint density at radius 2 is 1.80 bits per heavy atom. The lowest BCUT2D eigenvalue weighted by molar-refractivity contribution is -0.130. The van der Waals surface area contributed by atoms with Gasteiger partial charge in [-0.05, 0) is 35.8 Å². The highest BCUT2D eigenvalue weighted by Crippen LogP contribution is 2.29. The molecule has 1 amide bonds. The van der Waals surface area contributed by atoms with Gasteiger partial charge in [0, 0.05) is 19.6 Å². The fourth-order valence-corrected chi connectivity index (χ4v) is 2.75. The van der Waals surface area contributed by atoms with Crippen molar-refractivity contribution in [3.8, 4) is 0 Å². The van der Waals surface area contributed by atoms with Crippen LogP contribution in [0, 0.1) is 5.41 Å². The molecule has 3 nitrogen and oxygen atoms in total. The average Bonchev–Trinajstić information content (AvgIpc) is 2.60. The molecule has 1 aromatic carbocycles. The normalized spacial score (nSPS) is 18.6. The third-order valence-corrected chi connectivity index (χ3v) is 4.31. The monoisotopic (exact) mass is 274 g/mol. The fourth-order valence-electron chi connectivity index (χ4n) is 2.75. The zero-order valence-electron chi connectivity index (χ0n) is 12.7. The molecule has 1 aromatic rings.